The number of ether oxygens (including phenoxy) is 1. The molecule has 0 radical (unpaired) electrons. The highest BCUT2D eigenvalue weighted by Crippen LogP contribution is 2.08. The van der Waals surface area contributed by atoms with Crippen molar-refractivity contribution in [1.82, 2.24) is 9.80 Å². The van der Waals surface area contributed by atoms with Crippen LogP contribution in [0.15, 0.2) is 0 Å². The van der Waals surface area contributed by atoms with Crippen molar-refractivity contribution in [3.05, 3.63) is 0 Å². The maximum absolute atomic E-state index is 11.7. The first-order valence-corrected chi connectivity index (χ1v) is 6.07. The smallest absolute Gasteiger partial charge is 0.410 e. The normalized spacial score (nSPS) is 11.7. The molecule has 0 saturated heterocycles. The second-order valence-corrected chi connectivity index (χ2v) is 5.06. The minimum Gasteiger partial charge on any atom is -0.444 e. The lowest BCUT2D eigenvalue weighted by Gasteiger charge is -2.26. The highest BCUT2D eigenvalue weighted by molar-refractivity contribution is 5.67. The Morgan fingerprint density at radius 1 is 1.24 bits per heavy atom. The third-order valence-electron chi connectivity index (χ3n) is 2.32. The summed E-state index contributed by atoms with van der Waals surface area (Å²) < 4.78 is 5.24. The monoisotopic (exact) mass is 246 g/mol. The van der Waals surface area contributed by atoms with E-state index in [2.05, 4.69) is 4.90 Å². The van der Waals surface area contributed by atoms with Crippen LogP contribution < -0.4 is 0 Å². The molecule has 0 saturated carbocycles. The summed E-state index contributed by atoms with van der Waals surface area (Å²) in [5.41, 5.74) is -0.457. The zero-order chi connectivity index (χ0) is 13.5. The summed E-state index contributed by atoms with van der Waals surface area (Å²) in [5, 5.41) is 8.85. The van der Waals surface area contributed by atoms with Gasteiger partial charge in [0, 0.05) is 26.7 Å². The Kier molecular flexibility index (Phi) is 7.15. The highest BCUT2D eigenvalue weighted by atomic mass is 16.6. The molecule has 0 aromatic rings. The van der Waals surface area contributed by atoms with E-state index in [-0.39, 0.29) is 12.7 Å². The molecule has 0 heterocycles. The molecule has 0 aliphatic heterocycles. The van der Waals surface area contributed by atoms with Crippen LogP contribution in [0.3, 0.4) is 0 Å². The van der Waals surface area contributed by atoms with Gasteiger partial charge in [-0.05, 0) is 27.3 Å². The second kappa shape index (κ2) is 7.50. The van der Waals surface area contributed by atoms with Crippen molar-refractivity contribution in [3.63, 3.8) is 0 Å². The zero-order valence-corrected chi connectivity index (χ0v) is 11.7. The number of rotatable bonds is 6. The van der Waals surface area contributed by atoms with Crippen LogP contribution in [0.4, 0.5) is 4.79 Å². The zero-order valence-electron chi connectivity index (χ0n) is 11.7. The summed E-state index contributed by atoms with van der Waals surface area (Å²) in [6.45, 7) is 10.6. The topological polar surface area (TPSA) is 53.0 Å². The Morgan fingerprint density at radius 3 is 2.24 bits per heavy atom. The highest BCUT2D eigenvalue weighted by Gasteiger charge is 2.19. The van der Waals surface area contributed by atoms with Crippen LogP contribution >= 0.6 is 0 Å². The molecule has 1 amide bonds. The number of aliphatic hydroxyl groups is 1. The quantitative estimate of drug-likeness (QED) is 0.764. The minimum atomic E-state index is -0.457. The summed E-state index contributed by atoms with van der Waals surface area (Å²) in [4.78, 5) is 15.3. The number of hydrogen-bond donors (Lipinski definition) is 1. The molecule has 0 aliphatic rings. The summed E-state index contributed by atoms with van der Waals surface area (Å²) in [6, 6.07) is 0. The lowest BCUT2D eigenvalue weighted by atomic mass is 10.2. The van der Waals surface area contributed by atoms with Gasteiger partial charge in [0.05, 0.1) is 6.61 Å². The number of aliphatic hydroxyl groups excluding tert-OH is 1. The summed E-state index contributed by atoms with van der Waals surface area (Å²) in [5.74, 6) is 0. The van der Waals surface area contributed by atoms with Gasteiger partial charge < -0.3 is 14.7 Å². The van der Waals surface area contributed by atoms with Gasteiger partial charge in [-0.3, -0.25) is 4.90 Å². The van der Waals surface area contributed by atoms with Crippen molar-refractivity contribution in [2.24, 2.45) is 0 Å². The van der Waals surface area contributed by atoms with E-state index in [0.717, 1.165) is 13.1 Å². The number of hydrogen-bond acceptors (Lipinski definition) is 4. The predicted molar refractivity (Wildman–Crippen MR) is 68.1 cm³/mol. The Hall–Kier alpha value is -0.810. The first-order chi connectivity index (χ1) is 7.80. The van der Waals surface area contributed by atoms with Gasteiger partial charge in [0.25, 0.3) is 0 Å². The molecule has 0 unspecified atom stereocenters. The van der Waals surface area contributed by atoms with Gasteiger partial charge in [0.2, 0.25) is 0 Å². The number of carbonyl (C=O) groups is 1. The number of nitrogens with zero attached hydrogens (tertiary/aromatic N) is 2. The van der Waals surface area contributed by atoms with Crippen LogP contribution in [0.2, 0.25) is 0 Å². The van der Waals surface area contributed by atoms with E-state index in [1.165, 1.54) is 0 Å². The average Bonchev–Trinajstić information content (AvgIpc) is 2.21. The van der Waals surface area contributed by atoms with E-state index in [1.54, 1.807) is 11.9 Å². The molecular formula is C12H26N2O3. The van der Waals surface area contributed by atoms with Crippen molar-refractivity contribution in [2.75, 3.05) is 39.8 Å². The molecule has 0 atom stereocenters. The van der Waals surface area contributed by atoms with E-state index in [0.29, 0.717) is 13.1 Å². The molecule has 5 nitrogen and oxygen atoms in total. The van der Waals surface area contributed by atoms with E-state index < -0.39 is 5.60 Å². The van der Waals surface area contributed by atoms with Crippen molar-refractivity contribution in [1.29, 1.82) is 0 Å². The van der Waals surface area contributed by atoms with E-state index in [9.17, 15) is 4.79 Å². The lowest BCUT2D eigenvalue weighted by Crippen LogP contribution is -2.40. The minimum absolute atomic E-state index is 0.143. The molecular weight excluding hydrogens is 220 g/mol. The molecule has 0 fully saturated rings. The van der Waals surface area contributed by atoms with Gasteiger partial charge in [0.15, 0.2) is 0 Å². The van der Waals surface area contributed by atoms with Gasteiger partial charge >= 0.3 is 6.09 Å². The van der Waals surface area contributed by atoms with Crippen molar-refractivity contribution < 1.29 is 14.6 Å². The fourth-order valence-electron chi connectivity index (χ4n) is 1.29. The third kappa shape index (κ3) is 7.99. The van der Waals surface area contributed by atoms with Crippen molar-refractivity contribution >= 4 is 6.09 Å². The van der Waals surface area contributed by atoms with Crippen LogP contribution in [0, 0.1) is 0 Å². The number of carbonyl (C=O) groups excluding carboxylic acids is 1. The molecule has 0 aromatic carbocycles. The largest absolute Gasteiger partial charge is 0.444 e. The van der Waals surface area contributed by atoms with Crippen LogP contribution in [-0.2, 0) is 4.74 Å². The Bertz CT molecular complexity index is 226. The number of likely N-dealkylation sites (N-methyl/N-ethyl adjacent to an activating group) is 2. The van der Waals surface area contributed by atoms with Crippen LogP contribution in [0.1, 0.15) is 27.7 Å². The third-order valence-corrected chi connectivity index (χ3v) is 2.32. The van der Waals surface area contributed by atoms with Gasteiger partial charge in [-0.25, -0.2) is 4.79 Å². The Labute approximate surface area is 104 Å². The SMILES string of the molecule is CCN(CCO)CCN(C)C(=O)OC(C)(C)C. The summed E-state index contributed by atoms with van der Waals surface area (Å²) >= 11 is 0. The van der Waals surface area contributed by atoms with Crippen molar-refractivity contribution in [3.8, 4) is 0 Å². The van der Waals surface area contributed by atoms with Gasteiger partial charge in [-0.2, -0.15) is 0 Å². The van der Waals surface area contributed by atoms with Gasteiger partial charge in [0.1, 0.15) is 5.60 Å². The van der Waals surface area contributed by atoms with Gasteiger partial charge in [-0.15, -0.1) is 0 Å². The summed E-state index contributed by atoms with van der Waals surface area (Å²) in [7, 11) is 1.72. The molecule has 0 bridgehead atoms. The number of amides is 1. The Balaban J connectivity index is 3.99. The molecule has 0 aliphatic carbocycles. The molecule has 5 heteroatoms. The molecule has 0 rings (SSSR count). The second-order valence-electron chi connectivity index (χ2n) is 5.06. The molecule has 1 N–H and O–H groups in total. The fraction of sp³-hybridized carbons (Fsp3) is 0.917. The van der Waals surface area contributed by atoms with E-state index in [1.807, 2.05) is 27.7 Å². The molecule has 0 spiro atoms. The van der Waals surface area contributed by atoms with Crippen molar-refractivity contribution in [2.45, 2.75) is 33.3 Å². The van der Waals surface area contributed by atoms with Crippen LogP contribution in [0.25, 0.3) is 0 Å². The maximum Gasteiger partial charge on any atom is 0.410 e. The van der Waals surface area contributed by atoms with Gasteiger partial charge in [-0.1, -0.05) is 6.92 Å². The lowest BCUT2D eigenvalue weighted by molar-refractivity contribution is 0.0282. The van der Waals surface area contributed by atoms with Crippen LogP contribution in [-0.4, -0.2) is 66.4 Å². The van der Waals surface area contributed by atoms with Crippen LogP contribution in [0.5, 0.6) is 0 Å². The maximum atomic E-state index is 11.7. The molecule has 17 heavy (non-hydrogen) atoms. The molecule has 102 valence electrons. The predicted octanol–water partition coefficient (Wildman–Crippen LogP) is 1.17. The van der Waals surface area contributed by atoms with E-state index >= 15 is 0 Å². The standard InChI is InChI=1S/C12H26N2O3/c1-6-14(9-10-15)8-7-13(5)11(16)17-12(2,3)4/h15H,6-10H2,1-5H3. The first-order valence-electron chi connectivity index (χ1n) is 6.07. The average molecular weight is 246 g/mol. The summed E-state index contributed by atoms with van der Waals surface area (Å²) in [6.07, 6.45) is -0.308. The first kappa shape index (κ1) is 16.2. The molecule has 0 aromatic heterocycles. The fourth-order valence-corrected chi connectivity index (χ4v) is 1.29. The Morgan fingerprint density at radius 2 is 1.82 bits per heavy atom. The van der Waals surface area contributed by atoms with E-state index in [4.69, 9.17) is 9.84 Å².